The fourth-order valence-electron chi connectivity index (χ4n) is 2.79. The van der Waals surface area contributed by atoms with Crippen molar-refractivity contribution in [3.63, 3.8) is 0 Å². The fourth-order valence-corrected chi connectivity index (χ4v) is 2.79. The largest absolute Gasteiger partial charge is 0.383 e. The van der Waals surface area contributed by atoms with Crippen LogP contribution in [0.1, 0.15) is 18.4 Å². The molecule has 1 aromatic rings. The van der Waals surface area contributed by atoms with E-state index in [0.29, 0.717) is 6.54 Å². The van der Waals surface area contributed by atoms with Gasteiger partial charge in [-0.2, -0.15) is 0 Å². The molecule has 2 rings (SSSR count). The van der Waals surface area contributed by atoms with Crippen molar-refractivity contribution in [3.8, 4) is 0 Å². The Morgan fingerprint density at radius 2 is 2.04 bits per heavy atom. The Balaban J connectivity index is 0.00000288. The topological polar surface area (TPSA) is 67.6 Å². The van der Waals surface area contributed by atoms with Gasteiger partial charge in [-0.15, -0.1) is 24.8 Å². The first-order valence-corrected chi connectivity index (χ1v) is 7.71. The second kappa shape index (κ2) is 11.6. The molecule has 0 bridgehead atoms. The highest BCUT2D eigenvalue weighted by molar-refractivity contribution is 5.85. The quantitative estimate of drug-likeness (QED) is 0.765. The molecule has 25 heavy (non-hydrogen) atoms. The molecule has 2 unspecified atom stereocenters. The van der Waals surface area contributed by atoms with Crippen LogP contribution in [0, 0.1) is 11.6 Å². The number of nitrogens with one attached hydrogen (secondary N) is 1. The standard InChI is InChI=1S/C16H23F2N3O2.2ClH/c1-23-10-15(19)16(22)20-11-4-3-7-21(8-11)9-12-13(17)5-2-6-14(12)18;;/h2,5-6,11,15H,3-4,7-10,19H2,1H3,(H,20,22);2*1H. The van der Waals surface area contributed by atoms with E-state index in [1.54, 1.807) is 0 Å². The van der Waals surface area contributed by atoms with Crippen molar-refractivity contribution < 1.29 is 18.3 Å². The van der Waals surface area contributed by atoms with Crippen LogP contribution >= 0.6 is 24.8 Å². The molecule has 144 valence electrons. The summed E-state index contributed by atoms with van der Waals surface area (Å²) in [5.74, 6) is -1.35. The van der Waals surface area contributed by atoms with Gasteiger partial charge in [0.25, 0.3) is 0 Å². The van der Waals surface area contributed by atoms with Crippen molar-refractivity contribution in [3.05, 3.63) is 35.4 Å². The number of hydrogen-bond donors (Lipinski definition) is 2. The molecule has 0 radical (unpaired) electrons. The van der Waals surface area contributed by atoms with Gasteiger partial charge < -0.3 is 15.8 Å². The lowest BCUT2D eigenvalue weighted by atomic mass is 10.0. The molecule has 1 aromatic carbocycles. The van der Waals surface area contributed by atoms with E-state index in [1.807, 2.05) is 4.90 Å². The van der Waals surface area contributed by atoms with Gasteiger partial charge in [0, 0.05) is 31.8 Å². The molecular formula is C16H25Cl2F2N3O2. The summed E-state index contributed by atoms with van der Waals surface area (Å²) in [4.78, 5) is 13.9. The van der Waals surface area contributed by atoms with Crippen LogP contribution in [0.3, 0.4) is 0 Å². The molecule has 5 nitrogen and oxygen atoms in total. The van der Waals surface area contributed by atoms with E-state index in [2.05, 4.69) is 5.32 Å². The molecule has 0 aliphatic carbocycles. The molecular weight excluding hydrogens is 375 g/mol. The van der Waals surface area contributed by atoms with E-state index in [9.17, 15) is 13.6 Å². The number of ether oxygens (including phenoxy) is 1. The number of amides is 1. The van der Waals surface area contributed by atoms with Gasteiger partial charge >= 0.3 is 0 Å². The zero-order valence-electron chi connectivity index (χ0n) is 14.0. The maximum absolute atomic E-state index is 13.7. The SMILES string of the molecule is COCC(N)C(=O)NC1CCCN(Cc2c(F)cccc2F)C1.Cl.Cl. The predicted octanol–water partition coefficient (Wildman–Crippen LogP) is 1.86. The monoisotopic (exact) mass is 399 g/mol. The van der Waals surface area contributed by atoms with Crippen molar-refractivity contribution in [2.75, 3.05) is 26.8 Å². The average Bonchev–Trinajstić information content (AvgIpc) is 2.52. The third-order valence-corrected chi connectivity index (χ3v) is 3.98. The summed E-state index contributed by atoms with van der Waals surface area (Å²) in [7, 11) is 1.48. The summed E-state index contributed by atoms with van der Waals surface area (Å²) < 4.78 is 32.3. The van der Waals surface area contributed by atoms with Crippen LogP contribution in [0.2, 0.25) is 0 Å². The first-order valence-electron chi connectivity index (χ1n) is 7.71. The molecule has 1 fully saturated rings. The fraction of sp³-hybridized carbons (Fsp3) is 0.562. The first-order chi connectivity index (χ1) is 11.0. The lowest BCUT2D eigenvalue weighted by Crippen LogP contribution is -2.52. The zero-order valence-corrected chi connectivity index (χ0v) is 15.7. The van der Waals surface area contributed by atoms with Gasteiger partial charge in [-0.3, -0.25) is 9.69 Å². The van der Waals surface area contributed by atoms with E-state index in [4.69, 9.17) is 10.5 Å². The number of nitrogens with zero attached hydrogens (tertiary/aromatic N) is 1. The van der Waals surface area contributed by atoms with Crippen LogP contribution in [0.5, 0.6) is 0 Å². The van der Waals surface area contributed by atoms with E-state index < -0.39 is 17.7 Å². The molecule has 0 aromatic heterocycles. The van der Waals surface area contributed by atoms with Gasteiger partial charge in [-0.05, 0) is 31.5 Å². The highest BCUT2D eigenvalue weighted by atomic mass is 35.5. The summed E-state index contributed by atoms with van der Waals surface area (Å²) in [6.07, 6.45) is 1.67. The number of nitrogens with two attached hydrogens (primary N) is 1. The number of methoxy groups -OCH3 is 1. The minimum Gasteiger partial charge on any atom is -0.383 e. The van der Waals surface area contributed by atoms with Gasteiger partial charge in [0.2, 0.25) is 5.91 Å². The summed E-state index contributed by atoms with van der Waals surface area (Å²) in [5.41, 5.74) is 5.76. The van der Waals surface area contributed by atoms with Crippen molar-refractivity contribution in [1.29, 1.82) is 0 Å². The Kier molecular flexibility index (Phi) is 11.1. The van der Waals surface area contributed by atoms with Crippen LogP contribution in [-0.2, 0) is 16.1 Å². The smallest absolute Gasteiger partial charge is 0.239 e. The first kappa shape index (κ1) is 24.0. The van der Waals surface area contributed by atoms with E-state index in [0.717, 1.165) is 19.4 Å². The third-order valence-electron chi connectivity index (χ3n) is 3.98. The van der Waals surface area contributed by atoms with E-state index >= 15 is 0 Å². The highest BCUT2D eigenvalue weighted by Gasteiger charge is 2.24. The summed E-state index contributed by atoms with van der Waals surface area (Å²) in [5, 5.41) is 2.88. The Morgan fingerprint density at radius 1 is 1.40 bits per heavy atom. The maximum atomic E-state index is 13.7. The molecule has 0 saturated carbocycles. The summed E-state index contributed by atoms with van der Waals surface area (Å²) in [6, 6.07) is 3.08. The minimum absolute atomic E-state index is 0. The predicted molar refractivity (Wildman–Crippen MR) is 97.1 cm³/mol. The number of piperidine rings is 1. The van der Waals surface area contributed by atoms with Gasteiger partial charge in [-0.1, -0.05) is 6.07 Å². The second-order valence-electron chi connectivity index (χ2n) is 5.84. The molecule has 2 atom stereocenters. The summed E-state index contributed by atoms with van der Waals surface area (Å²) in [6.45, 7) is 1.63. The van der Waals surface area contributed by atoms with Crippen molar-refractivity contribution in [2.24, 2.45) is 5.73 Å². The van der Waals surface area contributed by atoms with E-state index in [1.165, 1.54) is 25.3 Å². The zero-order chi connectivity index (χ0) is 16.8. The number of carbonyl (C=O) groups excluding carboxylic acids is 1. The van der Waals surface area contributed by atoms with Crippen LogP contribution in [-0.4, -0.2) is 49.7 Å². The second-order valence-corrected chi connectivity index (χ2v) is 5.84. The number of rotatable bonds is 6. The number of carbonyl (C=O) groups is 1. The van der Waals surface area contributed by atoms with Gasteiger partial charge in [0.15, 0.2) is 0 Å². The van der Waals surface area contributed by atoms with Crippen molar-refractivity contribution in [1.82, 2.24) is 10.2 Å². The van der Waals surface area contributed by atoms with Gasteiger partial charge in [0.1, 0.15) is 17.7 Å². The highest BCUT2D eigenvalue weighted by Crippen LogP contribution is 2.18. The molecule has 1 aliphatic rings. The third kappa shape index (κ3) is 7.03. The van der Waals surface area contributed by atoms with Gasteiger partial charge in [-0.25, -0.2) is 8.78 Å². The molecule has 1 aliphatic heterocycles. The minimum atomic E-state index is -0.709. The molecule has 1 saturated heterocycles. The van der Waals surface area contributed by atoms with Crippen molar-refractivity contribution >= 4 is 30.7 Å². The van der Waals surface area contributed by atoms with Crippen LogP contribution in [0.4, 0.5) is 8.78 Å². The Labute approximate surface area is 159 Å². The Hall–Kier alpha value is -0.990. The van der Waals surface area contributed by atoms with Crippen LogP contribution in [0.25, 0.3) is 0 Å². The average molecular weight is 400 g/mol. The maximum Gasteiger partial charge on any atom is 0.239 e. The number of benzene rings is 1. The lowest BCUT2D eigenvalue weighted by molar-refractivity contribution is -0.124. The molecule has 0 spiro atoms. The number of likely N-dealkylation sites (tertiary alicyclic amines) is 1. The molecule has 9 heteroatoms. The van der Waals surface area contributed by atoms with Crippen molar-refractivity contribution in [2.45, 2.75) is 31.5 Å². The van der Waals surface area contributed by atoms with E-state index in [-0.39, 0.29) is 55.5 Å². The molecule has 1 amide bonds. The number of hydrogen-bond acceptors (Lipinski definition) is 4. The normalized spacial score (nSPS) is 18.6. The summed E-state index contributed by atoms with van der Waals surface area (Å²) >= 11 is 0. The van der Waals surface area contributed by atoms with Crippen LogP contribution in [0.15, 0.2) is 18.2 Å². The Bertz CT molecular complexity index is 532. The Morgan fingerprint density at radius 3 is 2.64 bits per heavy atom. The molecule has 3 N–H and O–H groups in total. The van der Waals surface area contributed by atoms with Crippen LogP contribution < -0.4 is 11.1 Å². The number of halogens is 4. The lowest BCUT2D eigenvalue weighted by Gasteiger charge is -2.33. The van der Waals surface area contributed by atoms with Gasteiger partial charge in [0.05, 0.1) is 6.61 Å². The molecule has 1 heterocycles.